The molecule has 0 unspecified atom stereocenters. The van der Waals surface area contributed by atoms with E-state index in [4.69, 9.17) is 9.47 Å². The molecule has 0 aliphatic heterocycles. The average Bonchev–Trinajstić information content (AvgIpc) is 2.93. The summed E-state index contributed by atoms with van der Waals surface area (Å²) in [5.41, 5.74) is 7.59. The van der Waals surface area contributed by atoms with Gasteiger partial charge in [-0.2, -0.15) is 0 Å². The van der Waals surface area contributed by atoms with Crippen LogP contribution >= 0.6 is 0 Å². The molecule has 3 aromatic carbocycles. The van der Waals surface area contributed by atoms with E-state index in [0.29, 0.717) is 19.6 Å². The van der Waals surface area contributed by atoms with Crippen molar-refractivity contribution in [3.63, 3.8) is 0 Å². The second-order valence-electron chi connectivity index (χ2n) is 7.74. The lowest BCUT2D eigenvalue weighted by molar-refractivity contribution is -0.137. The minimum atomic E-state index is -0.476. The molecule has 7 nitrogen and oxygen atoms in total. The number of carbonyl (C=O) groups excluding carboxylic acids is 2. The van der Waals surface area contributed by atoms with Crippen LogP contribution in [0.1, 0.15) is 5.56 Å². The third kappa shape index (κ3) is 8.14. The largest absolute Gasteiger partial charge is 0.461 e. The van der Waals surface area contributed by atoms with Gasteiger partial charge in [0.15, 0.2) is 0 Å². The first-order chi connectivity index (χ1) is 17.6. The Kier molecular flexibility index (Phi) is 10.3. The number of rotatable bonds is 14. The fraction of sp³-hybridized carbons (Fsp3) is 0.172. The molecule has 1 N–H and O–H groups in total. The molecule has 0 spiro atoms. The van der Waals surface area contributed by atoms with Crippen molar-refractivity contribution in [3.05, 3.63) is 116 Å². The van der Waals surface area contributed by atoms with Crippen LogP contribution in [0.5, 0.6) is 0 Å². The summed E-state index contributed by atoms with van der Waals surface area (Å²) in [7, 11) is 0. The fourth-order valence-electron chi connectivity index (χ4n) is 3.48. The highest BCUT2D eigenvalue weighted by atomic mass is 16.5. The molecule has 3 rings (SSSR count). The van der Waals surface area contributed by atoms with Crippen molar-refractivity contribution in [2.45, 2.75) is 6.54 Å². The fourth-order valence-corrected chi connectivity index (χ4v) is 3.48. The molecule has 0 amide bonds. The van der Waals surface area contributed by atoms with Gasteiger partial charge in [0, 0.05) is 24.4 Å². The van der Waals surface area contributed by atoms with Gasteiger partial charge in [-0.1, -0.05) is 61.7 Å². The van der Waals surface area contributed by atoms with Gasteiger partial charge in [0.1, 0.15) is 13.2 Å². The number of carbonyl (C=O) groups is 2. The van der Waals surface area contributed by atoms with Gasteiger partial charge in [0.25, 0.3) is 0 Å². The minimum absolute atomic E-state index is 0.187. The van der Waals surface area contributed by atoms with E-state index in [2.05, 4.69) is 47.9 Å². The van der Waals surface area contributed by atoms with Crippen molar-refractivity contribution in [2.75, 3.05) is 36.2 Å². The maximum Gasteiger partial charge on any atom is 0.330 e. The number of nitrogens with one attached hydrogen (secondary N) is 1. The van der Waals surface area contributed by atoms with Crippen molar-refractivity contribution >= 4 is 29.0 Å². The molecule has 0 bridgehead atoms. The number of hydrogen-bond acceptors (Lipinski definition) is 7. The maximum atomic E-state index is 11.4. The predicted molar refractivity (Wildman–Crippen MR) is 143 cm³/mol. The van der Waals surface area contributed by atoms with E-state index in [9.17, 15) is 9.59 Å². The van der Waals surface area contributed by atoms with Gasteiger partial charge in [0.2, 0.25) is 0 Å². The first-order valence-electron chi connectivity index (χ1n) is 11.7. The van der Waals surface area contributed by atoms with Crippen LogP contribution in [0, 0.1) is 0 Å². The summed E-state index contributed by atoms with van der Waals surface area (Å²) >= 11 is 0. The minimum Gasteiger partial charge on any atom is -0.461 e. The first-order valence-corrected chi connectivity index (χ1v) is 11.7. The highest BCUT2D eigenvalue weighted by Gasteiger charge is 2.11. The molecule has 7 heteroatoms. The molecule has 0 aliphatic carbocycles. The van der Waals surface area contributed by atoms with Crippen LogP contribution in [0.25, 0.3) is 0 Å². The highest BCUT2D eigenvalue weighted by molar-refractivity contribution is 5.81. The molecule has 0 saturated heterocycles. The number of ether oxygens (including phenoxy) is 2. The molecule has 0 fully saturated rings. The average molecular weight is 486 g/mol. The Labute approximate surface area is 212 Å². The summed E-state index contributed by atoms with van der Waals surface area (Å²) in [5.74, 6) is -0.952. The van der Waals surface area contributed by atoms with Gasteiger partial charge in [-0.05, 0) is 42.0 Å². The summed E-state index contributed by atoms with van der Waals surface area (Å²) in [6.07, 6.45) is 2.26. The van der Waals surface area contributed by atoms with Gasteiger partial charge in [-0.15, -0.1) is 0 Å². The topological polar surface area (TPSA) is 71.1 Å². The Morgan fingerprint density at radius 1 is 0.694 bits per heavy atom. The lowest BCUT2D eigenvalue weighted by atomic mass is 10.2. The molecule has 0 aliphatic rings. The van der Waals surface area contributed by atoms with Crippen molar-refractivity contribution in [1.29, 1.82) is 0 Å². The smallest absolute Gasteiger partial charge is 0.330 e. The van der Waals surface area contributed by atoms with Gasteiger partial charge in [-0.25, -0.2) is 15.0 Å². The van der Waals surface area contributed by atoms with Crippen molar-refractivity contribution < 1.29 is 19.1 Å². The molecule has 3 aromatic rings. The standard InChI is InChI=1S/C29H31N3O4/c1-3-28(33)35-21-19-31(20-22-36-29(34)4-2)25-17-15-24(16-18-25)23-30-32(26-11-7-5-8-12-26)27-13-9-6-10-14-27/h3-18,30H,1-2,19-23H2. The number of para-hydroxylation sites is 2. The normalized spacial score (nSPS) is 10.2. The van der Waals surface area contributed by atoms with E-state index < -0.39 is 11.9 Å². The maximum absolute atomic E-state index is 11.4. The molecule has 0 aromatic heterocycles. The first kappa shape index (κ1) is 26.2. The number of hydrogen-bond donors (Lipinski definition) is 1. The van der Waals surface area contributed by atoms with E-state index in [1.165, 1.54) is 0 Å². The van der Waals surface area contributed by atoms with Crippen LogP contribution in [0.3, 0.4) is 0 Å². The number of anilines is 3. The summed E-state index contributed by atoms with van der Waals surface area (Å²) in [4.78, 5) is 24.8. The second-order valence-corrected chi connectivity index (χ2v) is 7.74. The van der Waals surface area contributed by atoms with E-state index in [1.807, 2.05) is 65.6 Å². The van der Waals surface area contributed by atoms with E-state index in [-0.39, 0.29) is 13.2 Å². The molecule has 0 saturated carbocycles. The Morgan fingerprint density at radius 3 is 1.61 bits per heavy atom. The van der Waals surface area contributed by atoms with Crippen LogP contribution in [0.4, 0.5) is 17.1 Å². The zero-order valence-electron chi connectivity index (χ0n) is 20.2. The molecular formula is C29H31N3O4. The lowest BCUT2D eigenvalue weighted by Crippen LogP contribution is -2.33. The van der Waals surface area contributed by atoms with Crippen LogP contribution in [-0.2, 0) is 25.6 Å². The SMILES string of the molecule is C=CC(=O)OCCN(CCOC(=O)C=C)c1ccc(CNN(c2ccccc2)c2ccccc2)cc1. The molecule has 36 heavy (non-hydrogen) atoms. The van der Waals surface area contributed by atoms with E-state index in [1.54, 1.807) is 0 Å². The van der Waals surface area contributed by atoms with E-state index >= 15 is 0 Å². The third-order valence-electron chi connectivity index (χ3n) is 5.32. The Hall–Kier alpha value is -4.36. The monoisotopic (exact) mass is 485 g/mol. The van der Waals surface area contributed by atoms with Crippen LogP contribution < -0.4 is 15.3 Å². The van der Waals surface area contributed by atoms with Gasteiger partial charge < -0.3 is 14.4 Å². The zero-order chi connectivity index (χ0) is 25.6. The van der Waals surface area contributed by atoms with Crippen LogP contribution in [0.15, 0.2) is 110 Å². The number of nitrogens with zero attached hydrogens (tertiary/aromatic N) is 2. The Morgan fingerprint density at radius 2 is 1.17 bits per heavy atom. The molecule has 0 atom stereocenters. The Bertz CT molecular complexity index is 1050. The molecule has 0 heterocycles. The van der Waals surface area contributed by atoms with Crippen LogP contribution in [0.2, 0.25) is 0 Å². The zero-order valence-corrected chi connectivity index (χ0v) is 20.2. The summed E-state index contributed by atoms with van der Waals surface area (Å²) in [6.45, 7) is 8.69. The summed E-state index contributed by atoms with van der Waals surface area (Å²) in [6, 6.07) is 28.3. The number of esters is 2. The molecule has 186 valence electrons. The van der Waals surface area contributed by atoms with Crippen molar-refractivity contribution in [2.24, 2.45) is 0 Å². The van der Waals surface area contributed by atoms with Gasteiger partial charge >= 0.3 is 11.9 Å². The summed E-state index contributed by atoms with van der Waals surface area (Å²) in [5, 5.41) is 2.06. The highest BCUT2D eigenvalue weighted by Crippen LogP contribution is 2.23. The van der Waals surface area contributed by atoms with Crippen molar-refractivity contribution in [3.8, 4) is 0 Å². The van der Waals surface area contributed by atoms with Gasteiger partial charge in [0.05, 0.1) is 24.5 Å². The molecule has 0 radical (unpaired) electrons. The summed E-state index contributed by atoms with van der Waals surface area (Å²) < 4.78 is 10.3. The van der Waals surface area contributed by atoms with Gasteiger partial charge in [-0.3, -0.25) is 5.01 Å². The molecular weight excluding hydrogens is 454 g/mol. The quantitative estimate of drug-likeness (QED) is 0.200. The van der Waals surface area contributed by atoms with E-state index in [0.717, 1.165) is 34.8 Å². The lowest BCUT2D eigenvalue weighted by Gasteiger charge is -2.26. The van der Waals surface area contributed by atoms with Crippen molar-refractivity contribution in [1.82, 2.24) is 5.43 Å². The second kappa shape index (κ2) is 14.1. The number of hydrazine groups is 1. The van der Waals surface area contributed by atoms with Crippen LogP contribution in [-0.4, -0.2) is 38.2 Å². The third-order valence-corrected chi connectivity index (χ3v) is 5.32. The number of benzene rings is 3. The Balaban J connectivity index is 1.66. The predicted octanol–water partition coefficient (Wildman–Crippen LogP) is 4.79.